The fourth-order valence-corrected chi connectivity index (χ4v) is 4.41. The van der Waals surface area contributed by atoms with Gasteiger partial charge in [0.2, 0.25) is 0 Å². The van der Waals surface area contributed by atoms with Crippen LogP contribution in [0.25, 0.3) is 11.4 Å². The molecule has 1 fully saturated rings. The lowest BCUT2D eigenvalue weighted by Gasteiger charge is -2.39. The summed E-state index contributed by atoms with van der Waals surface area (Å²) in [6.45, 7) is 2.87. The zero-order valence-electron chi connectivity index (χ0n) is 16.8. The molecule has 2 aromatic rings. The molecule has 0 aliphatic carbocycles. The number of esters is 1. The van der Waals surface area contributed by atoms with Gasteiger partial charge < -0.3 is 29.9 Å². The molecule has 0 saturated carbocycles. The number of carbonyl (C=O) groups is 1. The van der Waals surface area contributed by atoms with Crippen molar-refractivity contribution in [2.24, 2.45) is 0 Å². The van der Waals surface area contributed by atoms with E-state index in [-0.39, 0.29) is 17.2 Å². The Labute approximate surface area is 188 Å². The number of nitrogens with zero attached hydrogens (tertiary/aromatic N) is 2. The maximum absolute atomic E-state index is 12.6. The molecule has 0 radical (unpaired) electrons. The predicted molar refractivity (Wildman–Crippen MR) is 113 cm³/mol. The quantitative estimate of drug-likeness (QED) is 0.359. The van der Waals surface area contributed by atoms with E-state index in [1.54, 1.807) is 38.1 Å². The SMILES string of the molecule is CCOC(=O)c1c(C)nc(-c2ccc(Cl)cc2)nc1S[C@@H]1O[C@H](CO)[C@@H](O)[C@H](O)[C@H]1O. The fraction of sp³-hybridized carbons (Fsp3) is 0.450. The fourth-order valence-electron chi connectivity index (χ4n) is 3.07. The van der Waals surface area contributed by atoms with Crippen molar-refractivity contribution in [3.8, 4) is 11.4 Å². The molecule has 0 unspecified atom stereocenters. The van der Waals surface area contributed by atoms with Gasteiger partial charge in [-0.15, -0.1) is 0 Å². The van der Waals surface area contributed by atoms with Gasteiger partial charge in [-0.2, -0.15) is 0 Å². The number of aliphatic hydroxyl groups is 4. The lowest BCUT2D eigenvalue weighted by Crippen LogP contribution is -2.57. The van der Waals surface area contributed by atoms with Crippen molar-refractivity contribution < 1.29 is 34.7 Å². The van der Waals surface area contributed by atoms with E-state index in [2.05, 4.69) is 9.97 Å². The third-order valence-corrected chi connectivity index (χ3v) is 6.11. The average molecular weight is 471 g/mol. The van der Waals surface area contributed by atoms with Gasteiger partial charge in [0.25, 0.3) is 0 Å². The molecular formula is C20H23ClN2O7S. The second-order valence-corrected chi connectivity index (χ2v) is 8.38. The first-order valence-corrected chi connectivity index (χ1v) is 10.8. The van der Waals surface area contributed by atoms with E-state index in [9.17, 15) is 25.2 Å². The number of aliphatic hydroxyl groups excluding tert-OH is 4. The Bertz CT molecular complexity index is 928. The number of hydrogen-bond donors (Lipinski definition) is 4. The largest absolute Gasteiger partial charge is 0.462 e. The van der Waals surface area contributed by atoms with Crippen LogP contribution in [0.5, 0.6) is 0 Å². The van der Waals surface area contributed by atoms with Crippen LogP contribution < -0.4 is 0 Å². The van der Waals surface area contributed by atoms with Crippen LogP contribution in [0, 0.1) is 6.92 Å². The highest BCUT2D eigenvalue weighted by atomic mass is 35.5. The minimum atomic E-state index is -1.55. The van der Waals surface area contributed by atoms with E-state index < -0.39 is 42.4 Å². The standard InChI is InChI=1S/C20H23ClN2O7S/c1-3-29-19(28)13-9(2)22-17(10-4-6-11(21)7-5-10)23-18(13)31-20-16(27)15(26)14(25)12(8-24)30-20/h4-7,12,14-16,20,24-27H,3,8H2,1-2H3/t12-,14-,15+,16-,20+/m1/s1. The van der Waals surface area contributed by atoms with Crippen molar-refractivity contribution in [2.45, 2.75) is 48.7 Å². The van der Waals surface area contributed by atoms with E-state index in [1.165, 1.54) is 0 Å². The minimum Gasteiger partial charge on any atom is -0.462 e. The van der Waals surface area contributed by atoms with Crippen molar-refractivity contribution in [2.75, 3.05) is 13.2 Å². The third-order valence-electron chi connectivity index (χ3n) is 4.71. The number of aromatic nitrogens is 2. The first-order chi connectivity index (χ1) is 14.8. The number of thioether (sulfide) groups is 1. The number of ether oxygens (including phenoxy) is 2. The van der Waals surface area contributed by atoms with Crippen LogP contribution in [0.15, 0.2) is 29.3 Å². The molecule has 1 aromatic carbocycles. The van der Waals surface area contributed by atoms with E-state index in [4.69, 9.17) is 21.1 Å². The molecule has 1 saturated heterocycles. The van der Waals surface area contributed by atoms with E-state index >= 15 is 0 Å². The van der Waals surface area contributed by atoms with Gasteiger partial charge in [0.15, 0.2) is 5.82 Å². The molecule has 4 N–H and O–H groups in total. The van der Waals surface area contributed by atoms with Gasteiger partial charge in [0, 0.05) is 10.6 Å². The molecule has 31 heavy (non-hydrogen) atoms. The highest BCUT2D eigenvalue weighted by molar-refractivity contribution is 7.99. The Morgan fingerprint density at radius 3 is 2.45 bits per heavy atom. The summed E-state index contributed by atoms with van der Waals surface area (Å²) in [6.07, 6.45) is -5.61. The molecule has 0 bridgehead atoms. The molecule has 168 valence electrons. The van der Waals surface area contributed by atoms with E-state index in [0.717, 1.165) is 11.8 Å². The zero-order chi connectivity index (χ0) is 22.7. The van der Waals surface area contributed by atoms with Crippen LogP contribution >= 0.6 is 23.4 Å². The van der Waals surface area contributed by atoms with Gasteiger partial charge in [0.1, 0.15) is 40.4 Å². The lowest BCUT2D eigenvalue weighted by molar-refractivity contribution is -0.205. The van der Waals surface area contributed by atoms with Crippen molar-refractivity contribution in [3.63, 3.8) is 0 Å². The summed E-state index contributed by atoms with van der Waals surface area (Å²) < 4.78 is 10.7. The van der Waals surface area contributed by atoms with E-state index in [1.807, 2.05) is 0 Å². The van der Waals surface area contributed by atoms with E-state index in [0.29, 0.717) is 22.1 Å². The summed E-state index contributed by atoms with van der Waals surface area (Å²) in [7, 11) is 0. The lowest BCUT2D eigenvalue weighted by atomic mass is 10.0. The first-order valence-electron chi connectivity index (χ1n) is 9.55. The maximum atomic E-state index is 12.6. The zero-order valence-corrected chi connectivity index (χ0v) is 18.4. The van der Waals surface area contributed by atoms with Crippen molar-refractivity contribution in [1.29, 1.82) is 0 Å². The summed E-state index contributed by atoms with van der Waals surface area (Å²) in [5.74, 6) is -0.330. The highest BCUT2D eigenvalue weighted by Crippen LogP contribution is 2.36. The number of aryl methyl sites for hydroxylation is 1. The van der Waals surface area contributed by atoms with Gasteiger partial charge in [-0.05, 0) is 38.1 Å². The number of halogens is 1. The van der Waals surface area contributed by atoms with Gasteiger partial charge in [-0.3, -0.25) is 0 Å². The number of benzene rings is 1. The number of carbonyl (C=O) groups excluding carboxylic acids is 1. The summed E-state index contributed by atoms with van der Waals surface area (Å²) >= 11 is 6.82. The second-order valence-electron chi connectivity index (χ2n) is 6.86. The van der Waals surface area contributed by atoms with Crippen LogP contribution in [-0.2, 0) is 9.47 Å². The summed E-state index contributed by atoms with van der Waals surface area (Å²) in [4.78, 5) is 21.4. The van der Waals surface area contributed by atoms with Gasteiger partial charge in [-0.1, -0.05) is 23.4 Å². The summed E-state index contributed by atoms with van der Waals surface area (Å²) in [6, 6.07) is 6.81. The summed E-state index contributed by atoms with van der Waals surface area (Å²) in [5, 5.41) is 40.6. The molecule has 3 rings (SSSR count). The average Bonchev–Trinajstić information content (AvgIpc) is 2.74. The third kappa shape index (κ3) is 5.17. The normalized spacial score (nSPS) is 26.0. The van der Waals surface area contributed by atoms with Crippen LogP contribution in [-0.4, -0.2) is 79.4 Å². The Morgan fingerprint density at radius 2 is 1.84 bits per heavy atom. The molecular weight excluding hydrogens is 448 g/mol. The Kier molecular flexibility index (Phi) is 7.87. The molecule has 5 atom stereocenters. The van der Waals surface area contributed by atoms with Crippen molar-refractivity contribution >= 4 is 29.3 Å². The predicted octanol–water partition coefficient (Wildman–Crippen LogP) is 1.17. The molecule has 11 heteroatoms. The van der Waals surface area contributed by atoms with Gasteiger partial charge in [0.05, 0.1) is 18.9 Å². The molecule has 0 spiro atoms. The van der Waals surface area contributed by atoms with Gasteiger partial charge in [-0.25, -0.2) is 14.8 Å². The molecule has 9 nitrogen and oxygen atoms in total. The van der Waals surface area contributed by atoms with Crippen LogP contribution in [0.2, 0.25) is 5.02 Å². The Balaban J connectivity index is 2.03. The summed E-state index contributed by atoms with van der Waals surface area (Å²) in [5.41, 5.74) is -0.0123. The van der Waals surface area contributed by atoms with Crippen molar-refractivity contribution in [1.82, 2.24) is 9.97 Å². The Hall–Kier alpha value is -1.79. The smallest absolute Gasteiger partial charge is 0.342 e. The van der Waals surface area contributed by atoms with Crippen LogP contribution in [0.1, 0.15) is 23.0 Å². The topological polar surface area (TPSA) is 142 Å². The monoisotopic (exact) mass is 470 g/mol. The van der Waals surface area contributed by atoms with Crippen LogP contribution in [0.4, 0.5) is 0 Å². The highest BCUT2D eigenvalue weighted by Gasteiger charge is 2.44. The second kappa shape index (κ2) is 10.2. The first kappa shape index (κ1) is 23.9. The Morgan fingerprint density at radius 1 is 1.16 bits per heavy atom. The minimum absolute atomic E-state index is 0.0986. The van der Waals surface area contributed by atoms with Crippen LogP contribution in [0.3, 0.4) is 0 Å². The molecule has 1 aliphatic heterocycles. The molecule has 0 amide bonds. The maximum Gasteiger partial charge on any atom is 0.342 e. The van der Waals surface area contributed by atoms with Gasteiger partial charge >= 0.3 is 5.97 Å². The molecule has 1 aromatic heterocycles. The number of hydrogen-bond acceptors (Lipinski definition) is 10. The van der Waals surface area contributed by atoms with Crippen molar-refractivity contribution in [3.05, 3.63) is 40.5 Å². The molecule has 1 aliphatic rings. The number of rotatable bonds is 6. The molecule has 2 heterocycles.